The van der Waals surface area contributed by atoms with Gasteiger partial charge in [-0.15, -0.1) is 0 Å². The van der Waals surface area contributed by atoms with Gasteiger partial charge in [0.05, 0.1) is 0 Å². The van der Waals surface area contributed by atoms with E-state index in [0.717, 1.165) is 25.9 Å². The lowest BCUT2D eigenvalue weighted by atomic mass is 10.4. The lowest BCUT2D eigenvalue weighted by Crippen LogP contribution is -2.35. The molecule has 1 saturated heterocycles. The van der Waals surface area contributed by atoms with E-state index in [1.807, 2.05) is 4.90 Å². The highest BCUT2D eigenvalue weighted by atomic mass is 16.2. The van der Waals surface area contributed by atoms with Crippen LogP contribution < -0.4 is 0 Å². The molecule has 0 atom stereocenters. The lowest BCUT2D eigenvalue weighted by molar-refractivity contribution is 0.186. The molecule has 1 radical (unpaired) electrons. The number of carbonyl (C=O) groups is 1. The fourth-order valence-electron chi connectivity index (χ4n) is 1.15. The summed E-state index contributed by atoms with van der Waals surface area (Å²) in [6.07, 6.45) is 2.28. The van der Waals surface area contributed by atoms with Crippen molar-refractivity contribution in [2.75, 3.05) is 20.1 Å². The molecule has 0 aromatic carbocycles. The molecule has 0 unspecified atom stereocenters. The van der Waals surface area contributed by atoms with Crippen molar-refractivity contribution < 1.29 is 4.79 Å². The van der Waals surface area contributed by atoms with Crippen LogP contribution in [0.3, 0.4) is 0 Å². The van der Waals surface area contributed by atoms with E-state index in [9.17, 15) is 4.79 Å². The predicted octanol–water partition coefficient (Wildman–Crippen LogP) is 0.926. The third kappa shape index (κ3) is 1.40. The Morgan fingerprint density at radius 2 is 2.00 bits per heavy atom. The maximum absolute atomic E-state index is 11.1. The smallest absolute Gasteiger partial charge is 0.319 e. The third-order valence-electron chi connectivity index (χ3n) is 1.70. The minimum Gasteiger partial charge on any atom is -0.326 e. The van der Waals surface area contributed by atoms with Gasteiger partial charge in [-0.25, -0.2) is 4.79 Å². The van der Waals surface area contributed by atoms with Gasteiger partial charge in [-0.05, 0) is 12.8 Å². The van der Waals surface area contributed by atoms with E-state index in [0.29, 0.717) is 0 Å². The number of hydrogen-bond donors (Lipinski definition) is 0. The van der Waals surface area contributed by atoms with Gasteiger partial charge in [0.25, 0.3) is 0 Å². The van der Waals surface area contributed by atoms with Gasteiger partial charge < -0.3 is 9.80 Å². The fourth-order valence-corrected chi connectivity index (χ4v) is 1.15. The zero-order valence-corrected chi connectivity index (χ0v) is 6.34. The summed E-state index contributed by atoms with van der Waals surface area (Å²) in [7, 11) is 5.21. The van der Waals surface area contributed by atoms with Gasteiger partial charge in [0.2, 0.25) is 0 Å². The minimum absolute atomic E-state index is 0.0394. The van der Waals surface area contributed by atoms with E-state index in [2.05, 4.69) is 7.05 Å². The second kappa shape index (κ2) is 2.90. The number of carbonyl (C=O) groups excluding carboxylic acids is 1. The Hall–Kier alpha value is -0.730. The van der Waals surface area contributed by atoms with E-state index in [1.165, 1.54) is 4.90 Å². The van der Waals surface area contributed by atoms with Crippen LogP contribution in [0.25, 0.3) is 0 Å². The Balaban J connectivity index is 2.40. The number of hydrogen-bond acceptors (Lipinski definition) is 1. The highest BCUT2D eigenvalue weighted by Crippen LogP contribution is 2.08. The largest absolute Gasteiger partial charge is 0.326 e. The summed E-state index contributed by atoms with van der Waals surface area (Å²) in [5, 5.41) is 0. The Morgan fingerprint density at radius 3 is 2.40 bits per heavy atom. The summed E-state index contributed by atoms with van der Waals surface area (Å²) in [5.74, 6) is 0. The number of nitrogens with zero attached hydrogens (tertiary/aromatic N) is 2. The molecule has 1 aliphatic rings. The molecule has 2 amide bonds. The fraction of sp³-hybridized carbons (Fsp3) is 0.714. The van der Waals surface area contributed by atoms with E-state index < -0.39 is 0 Å². The molecule has 0 aliphatic carbocycles. The quantitative estimate of drug-likeness (QED) is 0.492. The zero-order valence-electron chi connectivity index (χ0n) is 6.34. The van der Waals surface area contributed by atoms with Crippen LogP contribution in [0.4, 0.5) is 4.79 Å². The summed E-state index contributed by atoms with van der Waals surface area (Å²) in [4.78, 5) is 14.3. The molecule has 3 heteroatoms. The van der Waals surface area contributed by atoms with Crippen molar-refractivity contribution >= 4 is 6.03 Å². The van der Waals surface area contributed by atoms with Gasteiger partial charge in [-0.2, -0.15) is 0 Å². The molecule has 0 spiro atoms. The molecule has 57 valence electrons. The van der Waals surface area contributed by atoms with Crippen LogP contribution in [0, 0.1) is 7.05 Å². The summed E-state index contributed by atoms with van der Waals surface area (Å²) in [6.45, 7) is 1.80. The molecule has 0 N–H and O–H groups in total. The number of rotatable bonds is 0. The van der Waals surface area contributed by atoms with Crippen molar-refractivity contribution in [3.05, 3.63) is 7.05 Å². The van der Waals surface area contributed by atoms with E-state index in [-0.39, 0.29) is 6.03 Å². The molecular formula is C7H13N2O. The van der Waals surface area contributed by atoms with Crippen molar-refractivity contribution in [2.24, 2.45) is 0 Å². The highest BCUT2D eigenvalue weighted by molar-refractivity contribution is 5.74. The molecule has 1 heterocycles. The van der Waals surface area contributed by atoms with Crippen molar-refractivity contribution in [1.82, 2.24) is 9.80 Å². The molecule has 1 rings (SSSR count). The van der Waals surface area contributed by atoms with Gasteiger partial charge in [-0.3, -0.25) is 0 Å². The first-order chi connectivity index (χ1) is 4.72. The number of likely N-dealkylation sites (tertiary alicyclic amines) is 1. The van der Waals surface area contributed by atoms with Gasteiger partial charge in [0, 0.05) is 27.2 Å². The summed E-state index contributed by atoms with van der Waals surface area (Å²) < 4.78 is 0. The third-order valence-corrected chi connectivity index (χ3v) is 1.70. The monoisotopic (exact) mass is 141 g/mol. The van der Waals surface area contributed by atoms with Gasteiger partial charge >= 0.3 is 6.03 Å². The van der Waals surface area contributed by atoms with Gasteiger partial charge in [-0.1, -0.05) is 0 Å². The average Bonchev–Trinajstić information content (AvgIpc) is 2.36. The molecule has 0 bridgehead atoms. The SMILES string of the molecule is [CH2]N(C)C(=O)N1CCCC1. The molecule has 0 aromatic rings. The van der Waals surface area contributed by atoms with Crippen molar-refractivity contribution in [3.63, 3.8) is 0 Å². The second-order valence-corrected chi connectivity index (χ2v) is 2.67. The summed E-state index contributed by atoms with van der Waals surface area (Å²) in [5.41, 5.74) is 0. The Morgan fingerprint density at radius 1 is 1.50 bits per heavy atom. The van der Waals surface area contributed by atoms with E-state index >= 15 is 0 Å². The van der Waals surface area contributed by atoms with Crippen LogP contribution in [-0.2, 0) is 0 Å². The molecule has 1 fully saturated rings. The minimum atomic E-state index is 0.0394. The molecule has 1 aliphatic heterocycles. The Labute approximate surface area is 61.6 Å². The van der Waals surface area contributed by atoms with Crippen LogP contribution in [0.5, 0.6) is 0 Å². The zero-order chi connectivity index (χ0) is 7.56. The van der Waals surface area contributed by atoms with Crippen LogP contribution in [0.15, 0.2) is 0 Å². The average molecular weight is 141 g/mol. The van der Waals surface area contributed by atoms with Gasteiger partial charge in [0.1, 0.15) is 0 Å². The first-order valence-electron chi connectivity index (χ1n) is 3.55. The summed E-state index contributed by atoms with van der Waals surface area (Å²) in [6, 6.07) is 0.0394. The first kappa shape index (κ1) is 7.38. The van der Waals surface area contributed by atoms with E-state index in [4.69, 9.17) is 0 Å². The number of urea groups is 1. The van der Waals surface area contributed by atoms with Crippen LogP contribution >= 0.6 is 0 Å². The van der Waals surface area contributed by atoms with Crippen molar-refractivity contribution in [2.45, 2.75) is 12.8 Å². The van der Waals surface area contributed by atoms with Crippen molar-refractivity contribution in [1.29, 1.82) is 0 Å². The maximum Gasteiger partial charge on any atom is 0.319 e. The lowest BCUT2D eigenvalue weighted by Gasteiger charge is -2.19. The molecular weight excluding hydrogens is 128 g/mol. The van der Waals surface area contributed by atoms with Crippen LogP contribution in [0.1, 0.15) is 12.8 Å². The Kier molecular flexibility index (Phi) is 2.14. The standard InChI is InChI=1S/C7H13N2O/c1-8(2)7(10)9-5-3-4-6-9/h1,3-6H2,2H3. The topological polar surface area (TPSA) is 23.6 Å². The van der Waals surface area contributed by atoms with Crippen molar-refractivity contribution in [3.8, 4) is 0 Å². The van der Waals surface area contributed by atoms with Crippen LogP contribution in [0.2, 0.25) is 0 Å². The molecule has 0 saturated carbocycles. The normalized spacial score (nSPS) is 17.6. The second-order valence-electron chi connectivity index (χ2n) is 2.67. The number of amides is 2. The molecule has 0 aromatic heterocycles. The van der Waals surface area contributed by atoms with Gasteiger partial charge in [0.15, 0.2) is 0 Å². The molecule has 10 heavy (non-hydrogen) atoms. The summed E-state index contributed by atoms with van der Waals surface area (Å²) >= 11 is 0. The van der Waals surface area contributed by atoms with E-state index in [1.54, 1.807) is 7.05 Å². The first-order valence-corrected chi connectivity index (χ1v) is 3.55. The maximum atomic E-state index is 11.1. The Bertz CT molecular complexity index is 128. The highest BCUT2D eigenvalue weighted by Gasteiger charge is 2.18. The molecule has 3 nitrogen and oxygen atoms in total. The van der Waals surface area contributed by atoms with Crippen LogP contribution in [-0.4, -0.2) is 36.0 Å². The predicted molar refractivity (Wildman–Crippen MR) is 39.3 cm³/mol.